The molecule has 0 spiro atoms. The Hall–Kier alpha value is -0.190. The summed E-state index contributed by atoms with van der Waals surface area (Å²) in [4.78, 5) is 12.5. The van der Waals surface area contributed by atoms with Gasteiger partial charge in [0.25, 0.3) is 10.1 Å². The summed E-state index contributed by atoms with van der Waals surface area (Å²) in [6.07, 6.45) is 2.25. The zero-order valence-corrected chi connectivity index (χ0v) is 17.4. The van der Waals surface area contributed by atoms with Gasteiger partial charge in [-0.25, -0.2) is 0 Å². The van der Waals surface area contributed by atoms with E-state index >= 15 is 0 Å². The molecular weight excluding hydrogens is 335 g/mol. The van der Waals surface area contributed by atoms with Crippen molar-refractivity contribution in [3.05, 3.63) is 0 Å². The predicted octanol–water partition coefficient (Wildman–Crippen LogP) is 3.43. The molecule has 7 heteroatoms. The third kappa shape index (κ3) is 9.02. The van der Waals surface area contributed by atoms with Crippen LogP contribution in [0.15, 0.2) is 0 Å². The molecule has 0 aromatic carbocycles. The SMILES string of the molecule is CCCC(COC(=O)C(C)(CC(C)(C)C)PC)CS(=O)(=O)OC. The second-order valence-electron chi connectivity index (χ2n) is 7.46. The van der Waals surface area contributed by atoms with Gasteiger partial charge in [-0.05, 0) is 31.8 Å². The largest absolute Gasteiger partial charge is 0.465 e. The van der Waals surface area contributed by atoms with E-state index in [0.29, 0.717) is 15.0 Å². The molecule has 0 bridgehead atoms. The summed E-state index contributed by atoms with van der Waals surface area (Å²) in [6, 6.07) is 0. The van der Waals surface area contributed by atoms with Crippen LogP contribution in [0.3, 0.4) is 0 Å². The van der Waals surface area contributed by atoms with Gasteiger partial charge in [0.2, 0.25) is 0 Å². The Labute approximate surface area is 143 Å². The second-order valence-corrected chi connectivity index (χ2v) is 10.8. The smallest absolute Gasteiger partial charge is 0.315 e. The van der Waals surface area contributed by atoms with Crippen LogP contribution in [0, 0.1) is 11.3 Å². The standard InChI is InChI=1S/C16H33O5PS/c1-8-9-13(11-23(18,19)20-6)10-21-14(17)16(5,22-7)12-15(2,3)4/h13,22H,8-12H2,1-7H3. The van der Waals surface area contributed by atoms with Crippen LogP contribution in [0.2, 0.25) is 0 Å². The quantitative estimate of drug-likeness (QED) is 0.336. The average molecular weight is 368 g/mol. The van der Waals surface area contributed by atoms with Crippen molar-refractivity contribution >= 4 is 24.7 Å². The molecule has 0 aliphatic heterocycles. The van der Waals surface area contributed by atoms with Crippen molar-refractivity contribution < 1.29 is 22.1 Å². The molecule has 0 radical (unpaired) electrons. The Balaban J connectivity index is 4.84. The molecule has 138 valence electrons. The lowest BCUT2D eigenvalue weighted by Crippen LogP contribution is -2.37. The highest BCUT2D eigenvalue weighted by atomic mass is 32.2. The molecule has 5 nitrogen and oxygen atoms in total. The fraction of sp³-hybridized carbons (Fsp3) is 0.938. The van der Waals surface area contributed by atoms with Gasteiger partial charge in [-0.1, -0.05) is 34.1 Å². The molecule has 0 amide bonds. The van der Waals surface area contributed by atoms with Crippen molar-refractivity contribution in [2.75, 3.05) is 26.1 Å². The van der Waals surface area contributed by atoms with E-state index in [1.54, 1.807) is 0 Å². The lowest BCUT2D eigenvalue weighted by atomic mass is 9.85. The number of esters is 1. The van der Waals surface area contributed by atoms with E-state index < -0.39 is 15.3 Å². The lowest BCUT2D eigenvalue weighted by Gasteiger charge is -2.33. The Morgan fingerprint density at radius 2 is 1.78 bits per heavy atom. The first-order chi connectivity index (χ1) is 10.4. The molecule has 0 aliphatic rings. The van der Waals surface area contributed by atoms with Crippen molar-refractivity contribution in [2.45, 2.75) is 59.0 Å². The third-order valence-corrected chi connectivity index (χ3v) is 6.60. The molecule has 0 saturated heterocycles. The maximum Gasteiger partial charge on any atom is 0.315 e. The van der Waals surface area contributed by atoms with Gasteiger partial charge in [0.05, 0.1) is 24.6 Å². The Bertz CT molecular complexity index is 469. The predicted molar refractivity (Wildman–Crippen MR) is 96.9 cm³/mol. The van der Waals surface area contributed by atoms with E-state index in [9.17, 15) is 13.2 Å². The number of hydrogen-bond donors (Lipinski definition) is 0. The molecular formula is C16H33O5PS. The van der Waals surface area contributed by atoms with Gasteiger partial charge < -0.3 is 4.74 Å². The zero-order valence-electron chi connectivity index (χ0n) is 15.6. The second kappa shape index (κ2) is 9.33. The van der Waals surface area contributed by atoms with Crippen molar-refractivity contribution in [3.8, 4) is 0 Å². The summed E-state index contributed by atoms with van der Waals surface area (Å²) in [6.45, 7) is 12.3. The highest BCUT2D eigenvalue weighted by Crippen LogP contribution is 2.40. The minimum Gasteiger partial charge on any atom is -0.465 e. The van der Waals surface area contributed by atoms with Crippen molar-refractivity contribution in [1.29, 1.82) is 0 Å². The van der Waals surface area contributed by atoms with Crippen molar-refractivity contribution in [3.63, 3.8) is 0 Å². The summed E-state index contributed by atoms with van der Waals surface area (Å²) in [5, 5.41) is -0.519. The van der Waals surface area contributed by atoms with Gasteiger partial charge in [0, 0.05) is 5.92 Å². The van der Waals surface area contributed by atoms with Crippen LogP contribution in [-0.2, 0) is 23.8 Å². The van der Waals surface area contributed by atoms with Crippen molar-refractivity contribution in [2.24, 2.45) is 11.3 Å². The minimum absolute atomic E-state index is 0.0268. The van der Waals surface area contributed by atoms with E-state index in [2.05, 4.69) is 25.0 Å². The molecule has 0 N–H and O–H groups in total. The first kappa shape index (κ1) is 22.8. The van der Waals surface area contributed by atoms with Gasteiger partial charge in [-0.2, -0.15) is 8.42 Å². The molecule has 3 unspecified atom stereocenters. The van der Waals surface area contributed by atoms with Crippen LogP contribution in [0.25, 0.3) is 0 Å². The molecule has 23 heavy (non-hydrogen) atoms. The van der Waals surface area contributed by atoms with Crippen molar-refractivity contribution in [1.82, 2.24) is 0 Å². The molecule has 0 saturated carbocycles. The van der Waals surface area contributed by atoms with Crippen LogP contribution in [0.1, 0.15) is 53.9 Å². The van der Waals surface area contributed by atoms with Gasteiger partial charge in [0.1, 0.15) is 0 Å². The Morgan fingerprint density at radius 1 is 1.22 bits per heavy atom. The molecule has 0 aliphatic carbocycles. The molecule has 0 aromatic rings. The fourth-order valence-corrected chi connectivity index (χ4v) is 4.62. The maximum absolute atomic E-state index is 12.5. The zero-order chi connectivity index (χ0) is 18.3. The molecule has 0 heterocycles. The summed E-state index contributed by atoms with van der Waals surface area (Å²) in [5.41, 5.74) is 0.0268. The topological polar surface area (TPSA) is 69.7 Å². The van der Waals surface area contributed by atoms with E-state index in [0.717, 1.165) is 20.0 Å². The van der Waals surface area contributed by atoms with E-state index in [1.165, 1.54) is 0 Å². The van der Waals surface area contributed by atoms with E-state index in [-0.39, 0.29) is 29.7 Å². The van der Waals surface area contributed by atoms with Gasteiger partial charge in [0.15, 0.2) is 0 Å². The first-order valence-corrected chi connectivity index (χ1v) is 11.1. The van der Waals surface area contributed by atoms with E-state index in [4.69, 9.17) is 4.74 Å². The molecule has 0 fully saturated rings. The number of hydrogen-bond acceptors (Lipinski definition) is 5. The molecule has 3 atom stereocenters. The Kier molecular flexibility index (Phi) is 9.26. The molecule has 0 aromatic heterocycles. The van der Waals surface area contributed by atoms with Gasteiger partial charge >= 0.3 is 5.97 Å². The highest BCUT2D eigenvalue weighted by molar-refractivity contribution is 7.86. The fourth-order valence-electron chi connectivity index (χ4n) is 2.66. The number of carbonyl (C=O) groups is 1. The molecule has 0 rings (SSSR count). The van der Waals surface area contributed by atoms with E-state index in [1.807, 2.05) is 20.5 Å². The summed E-state index contributed by atoms with van der Waals surface area (Å²) in [5.74, 6) is -0.577. The van der Waals surface area contributed by atoms with Crippen LogP contribution in [0.4, 0.5) is 0 Å². The third-order valence-electron chi connectivity index (χ3n) is 3.73. The number of ether oxygens (including phenoxy) is 1. The van der Waals surface area contributed by atoms with Crippen LogP contribution in [0.5, 0.6) is 0 Å². The van der Waals surface area contributed by atoms with Crippen LogP contribution < -0.4 is 0 Å². The first-order valence-electron chi connectivity index (χ1n) is 8.03. The summed E-state index contributed by atoms with van der Waals surface area (Å²) in [7, 11) is -1.96. The maximum atomic E-state index is 12.5. The Morgan fingerprint density at radius 3 is 2.17 bits per heavy atom. The summed E-state index contributed by atoms with van der Waals surface area (Å²) < 4.78 is 33.2. The summed E-state index contributed by atoms with van der Waals surface area (Å²) >= 11 is 0. The lowest BCUT2D eigenvalue weighted by molar-refractivity contribution is -0.148. The normalized spacial score (nSPS) is 17.2. The minimum atomic E-state index is -3.55. The van der Waals surface area contributed by atoms with Crippen LogP contribution in [-0.4, -0.2) is 45.7 Å². The van der Waals surface area contributed by atoms with Crippen LogP contribution >= 0.6 is 8.58 Å². The van der Waals surface area contributed by atoms with Gasteiger partial charge in [-0.15, -0.1) is 8.58 Å². The van der Waals surface area contributed by atoms with Gasteiger partial charge in [-0.3, -0.25) is 8.98 Å². The highest BCUT2D eigenvalue weighted by Gasteiger charge is 2.37. The number of carbonyl (C=O) groups excluding carboxylic acids is 1. The average Bonchev–Trinajstić information content (AvgIpc) is 2.42. The number of rotatable bonds is 10. The monoisotopic (exact) mass is 368 g/mol.